The van der Waals surface area contributed by atoms with Crippen molar-refractivity contribution in [2.75, 3.05) is 10.8 Å². The van der Waals surface area contributed by atoms with Crippen LogP contribution in [0.3, 0.4) is 0 Å². The van der Waals surface area contributed by atoms with E-state index in [1.807, 2.05) is 30.3 Å². The van der Waals surface area contributed by atoms with Gasteiger partial charge in [0.1, 0.15) is 6.54 Å². The van der Waals surface area contributed by atoms with Gasteiger partial charge in [-0.15, -0.1) is 0 Å². The standard InChI is InChI=1S/C23H22IN3O3S/c1-17-9-6-7-14-22(17)27(31(29,30)21-12-4-3-5-13-21)16-23(28)26-25-18(2)19-10-8-11-20(24)15-19/h3-15H,16H2,1-2H3,(H,26,28)/b25-18-. The lowest BCUT2D eigenvalue weighted by atomic mass is 10.1. The van der Waals surface area contributed by atoms with E-state index >= 15 is 0 Å². The van der Waals surface area contributed by atoms with E-state index in [-0.39, 0.29) is 4.90 Å². The first-order valence-corrected chi connectivity index (χ1v) is 12.0. The van der Waals surface area contributed by atoms with Crippen LogP contribution in [0.25, 0.3) is 0 Å². The predicted molar refractivity (Wildman–Crippen MR) is 132 cm³/mol. The van der Waals surface area contributed by atoms with Gasteiger partial charge in [-0.3, -0.25) is 9.10 Å². The zero-order valence-electron chi connectivity index (χ0n) is 17.1. The highest BCUT2D eigenvalue weighted by Crippen LogP contribution is 2.26. The van der Waals surface area contributed by atoms with Gasteiger partial charge in [0.2, 0.25) is 0 Å². The summed E-state index contributed by atoms with van der Waals surface area (Å²) in [5.74, 6) is -0.535. The van der Waals surface area contributed by atoms with Gasteiger partial charge in [-0.25, -0.2) is 13.8 Å². The Labute approximate surface area is 196 Å². The van der Waals surface area contributed by atoms with Gasteiger partial charge in [-0.05, 0) is 77.9 Å². The Morgan fingerprint density at radius 2 is 1.68 bits per heavy atom. The normalized spacial score (nSPS) is 11.8. The van der Waals surface area contributed by atoms with E-state index in [2.05, 4.69) is 33.1 Å². The average Bonchev–Trinajstić information content (AvgIpc) is 2.77. The van der Waals surface area contributed by atoms with Crippen LogP contribution in [0.4, 0.5) is 5.69 Å². The zero-order valence-corrected chi connectivity index (χ0v) is 20.1. The molecule has 0 heterocycles. The van der Waals surface area contributed by atoms with Crippen molar-refractivity contribution in [2.24, 2.45) is 5.10 Å². The van der Waals surface area contributed by atoms with Crippen LogP contribution < -0.4 is 9.73 Å². The summed E-state index contributed by atoms with van der Waals surface area (Å²) in [5.41, 5.74) is 5.17. The van der Waals surface area contributed by atoms with Crippen molar-refractivity contribution in [3.63, 3.8) is 0 Å². The van der Waals surface area contributed by atoms with Gasteiger partial charge in [0.15, 0.2) is 0 Å². The predicted octanol–water partition coefficient (Wildman–Crippen LogP) is 4.34. The number of aryl methyl sites for hydroxylation is 1. The average molecular weight is 547 g/mol. The number of benzene rings is 3. The molecule has 0 spiro atoms. The van der Waals surface area contributed by atoms with E-state index in [0.717, 1.165) is 19.0 Å². The molecule has 3 aromatic carbocycles. The highest BCUT2D eigenvalue weighted by Gasteiger charge is 2.28. The van der Waals surface area contributed by atoms with Crippen molar-refractivity contribution in [3.05, 3.63) is 93.6 Å². The number of halogens is 1. The largest absolute Gasteiger partial charge is 0.271 e. The first kappa shape index (κ1) is 23.0. The number of amides is 1. The van der Waals surface area contributed by atoms with Crippen molar-refractivity contribution in [1.29, 1.82) is 0 Å². The molecule has 3 aromatic rings. The van der Waals surface area contributed by atoms with E-state index in [0.29, 0.717) is 11.4 Å². The van der Waals surface area contributed by atoms with Crippen LogP contribution in [0.5, 0.6) is 0 Å². The molecular formula is C23H22IN3O3S. The molecule has 0 saturated carbocycles. The summed E-state index contributed by atoms with van der Waals surface area (Å²) < 4.78 is 28.8. The lowest BCUT2D eigenvalue weighted by Crippen LogP contribution is -2.40. The Hall–Kier alpha value is -2.72. The molecule has 0 aliphatic rings. The molecule has 0 fully saturated rings. The lowest BCUT2D eigenvalue weighted by molar-refractivity contribution is -0.119. The van der Waals surface area contributed by atoms with E-state index in [9.17, 15) is 13.2 Å². The Kier molecular flexibility index (Phi) is 7.45. The third kappa shape index (κ3) is 5.71. The molecule has 0 atom stereocenters. The van der Waals surface area contributed by atoms with Crippen LogP contribution in [0, 0.1) is 10.5 Å². The monoisotopic (exact) mass is 547 g/mol. The summed E-state index contributed by atoms with van der Waals surface area (Å²) in [6.07, 6.45) is 0. The molecule has 0 aliphatic heterocycles. The minimum absolute atomic E-state index is 0.115. The number of carbonyl (C=O) groups is 1. The topological polar surface area (TPSA) is 78.8 Å². The third-order valence-corrected chi connectivity index (χ3v) is 7.04. The summed E-state index contributed by atoms with van der Waals surface area (Å²) in [5, 5.41) is 4.15. The minimum Gasteiger partial charge on any atom is -0.271 e. The molecule has 31 heavy (non-hydrogen) atoms. The smallest absolute Gasteiger partial charge is 0.264 e. The number of sulfonamides is 1. The number of hydrogen-bond acceptors (Lipinski definition) is 4. The number of para-hydroxylation sites is 1. The Morgan fingerprint density at radius 1 is 1.00 bits per heavy atom. The van der Waals surface area contributed by atoms with Gasteiger partial charge < -0.3 is 0 Å². The maximum atomic E-state index is 13.3. The van der Waals surface area contributed by atoms with Gasteiger partial charge >= 0.3 is 0 Å². The molecule has 1 N–H and O–H groups in total. The second-order valence-corrected chi connectivity index (χ2v) is 9.96. The highest BCUT2D eigenvalue weighted by atomic mass is 127. The van der Waals surface area contributed by atoms with Crippen LogP contribution >= 0.6 is 22.6 Å². The van der Waals surface area contributed by atoms with Gasteiger partial charge in [0.05, 0.1) is 16.3 Å². The number of hydrazone groups is 1. The Bertz CT molecular complexity index is 1210. The molecule has 0 radical (unpaired) electrons. The van der Waals surface area contributed by atoms with Crippen molar-refractivity contribution in [1.82, 2.24) is 5.43 Å². The van der Waals surface area contributed by atoms with E-state index in [1.165, 1.54) is 12.1 Å². The maximum absolute atomic E-state index is 13.3. The minimum atomic E-state index is -3.94. The van der Waals surface area contributed by atoms with Crippen LogP contribution in [0.15, 0.2) is 88.9 Å². The van der Waals surface area contributed by atoms with E-state index in [1.54, 1.807) is 50.2 Å². The Balaban J connectivity index is 1.88. The van der Waals surface area contributed by atoms with Crippen molar-refractivity contribution >= 4 is 49.9 Å². The van der Waals surface area contributed by atoms with E-state index < -0.39 is 22.5 Å². The molecule has 160 valence electrons. The van der Waals surface area contributed by atoms with Crippen molar-refractivity contribution in [2.45, 2.75) is 18.7 Å². The molecular weight excluding hydrogens is 525 g/mol. The summed E-state index contributed by atoms with van der Waals surface area (Å²) in [7, 11) is -3.94. The zero-order chi connectivity index (χ0) is 22.4. The SMILES string of the molecule is C/C(=N/NC(=O)CN(c1ccccc1C)S(=O)(=O)c1ccccc1)c1cccc(I)c1. The molecule has 0 unspecified atom stereocenters. The highest BCUT2D eigenvalue weighted by molar-refractivity contribution is 14.1. The van der Waals surface area contributed by atoms with Gasteiger partial charge in [0, 0.05) is 3.57 Å². The second kappa shape index (κ2) is 10.1. The fourth-order valence-corrected chi connectivity index (χ4v) is 5.00. The Morgan fingerprint density at radius 3 is 2.35 bits per heavy atom. The first-order chi connectivity index (χ1) is 14.8. The van der Waals surface area contributed by atoms with Gasteiger partial charge in [-0.1, -0.05) is 48.5 Å². The lowest BCUT2D eigenvalue weighted by Gasteiger charge is -2.25. The maximum Gasteiger partial charge on any atom is 0.264 e. The van der Waals surface area contributed by atoms with Crippen LogP contribution in [-0.2, 0) is 14.8 Å². The molecule has 1 amide bonds. The van der Waals surface area contributed by atoms with Crippen LogP contribution in [-0.4, -0.2) is 26.6 Å². The number of nitrogens with zero attached hydrogens (tertiary/aromatic N) is 2. The number of hydrogen-bond donors (Lipinski definition) is 1. The quantitative estimate of drug-likeness (QED) is 0.272. The third-order valence-electron chi connectivity index (χ3n) is 4.59. The summed E-state index contributed by atoms with van der Waals surface area (Å²) in [4.78, 5) is 12.8. The second-order valence-electron chi connectivity index (χ2n) is 6.85. The number of nitrogens with one attached hydrogen (secondary N) is 1. The molecule has 8 heteroatoms. The van der Waals surface area contributed by atoms with Crippen molar-refractivity contribution < 1.29 is 13.2 Å². The molecule has 0 saturated heterocycles. The van der Waals surface area contributed by atoms with Crippen LogP contribution in [0.1, 0.15) is 18.1 Å². The molecule has 3 rings (SSSR count). The first-order valence-electron chi connectivity index (χ1n) is 9.51. The number of rotatable bonds is 7. The fraction of sp³-hybridized carbons (Fsp3) is 0.130. The molecule has 0 aromatic heterocycles. The summed E-state index contributed by atoms with van der Waals surface area (Å²) >= 11 is 2.20. The summed E-state index contributed by atoms with van der Waals surface area (Å²) in [6, 6.07) is 22.8. The van der Waals surface area contributed by atoms with Gasteiger partial charge in [-0.2, -0.15) is 5.10 Å². The summed E-state index contributed by atoms with van der Waals surface area (Å²) in [6.45, 7) is 3.19. The van der Waals surface area contributed by atoms with Gasteiger partial charge in [0.25, 0.3) is 15.9 Å². The molecule has 6 nitrogen and oxygen atoms in total. The molecule has 0 bridgehead atoms. The van der Waals surface area contributed by atoms with Crippen molar-refractivity contribution in [3.8, 4) is 0 Å². The van der Waals surface area contributed by atoms with Crippen LogP contribution in [0.2, 0.25) is 0 Å². The number of anilines is 1. The number of carbonyl (C=O) groups excluding carboxylic acids is 1. The molecule has 0 aliphatic carbocycles. The fourth-order valence-electron chi connectivity index (χ4n) is 2.95. The van der Waals surface area contributed by atoms with E-state index in [4.69, 9.17) is 0 Å².